The Morgan fingerprint density at radius 3 is 2.87 bits per heavy atom. The Kier molecular flexibility index (Phi) is 2.49. The van der Waals surface area contributed by atoms with E-state index < -0.39 is 6.29 Å². The maximum atomic E-state index is 12.7. The summed E-state index contributed by atoms with van der Waals surface area (Å²) in [6.45, 7) is 2.10. The standard InChI is InChI=1S/C19H16O4/c1-9-7-10-5-6-14-17(15(10)13(21)8-9)18-11-3-2-4-12(20)16(11)19(22-14)23-18/h2-6,9,18-20H,7-8H2,1H3/t9-,18+,19+/m0/s1. The second kappa shape index (κ2) is 4.36. The lowest BCUT2D eigenvalue weighted by Crippen LogP contribution is -2.24. The van der Waals surface area contributed by atoms with Gasteiger partial charge in [-0.25, -0.2) is 0 Å². The molecular weight excluding hydrogens is 292 g/mol. The lowest BCUT2D eigenvalue weighted by molar-refractivity contribution is -0.110. The smallest absolute Gasteiger partial charge is 0.231 e. The number of fused-ring (bicyclic) bond motifs is 9. The second-order valence-electron chi connectivity index (χ2n) is 6.69. The van der Waals surface area contributed by atoms with Crippen LogP contribution in [0.3, 0.4) is 0 Å². The Morgan fingerprint density at radius 1 is 1.13 bits per heavy atom. The van der Waals surface area contributed by atoms with Crippen molar-refractivity contribution in [3.05, 3.63) is 58.1 Å². The second-order valence-corrected chi connectivity index (χ2v) is 6.69. The maximum absolute atomic E-state index is 12.7. The third-order valence-electron chi connectivity index (χ3n) is 5.06. The number of phenolic OH excluding ortho intramolecular Hbond substituents is 1. The lowest BCUT2D eigenvalue weighted by Gasteiger charge is -2.30. The molecule has 0 amide bonds. The van der Waals surface area contributed by atoms with Crippen molar-refractivity contribution in [2.45, 2.75) is 32.2 Å². The Balaban J connectivity index is 1.76. The van der Waals surface area contributed by atoms with E-state index in [4.69, 9.17) is 9.47 Å². The molecule has 2 aliphatic heterocycles. The van der Waals surface area contributed by atoms with Gasteiger partial charge in [0.1, 0.15) is 17.6 Å². The summed E-state index contributed by atoms with van der Waals surface area (Å²) in [5, 5.41) is 10.2. The van der Waals surface area contributed by atoms with Crippen LogP contribution in [-0.4, -0.2) is 10.9 Å². The van der Waals surface area contributed by atoms with Crippen LogP contribution >= 0.6 is 0 Å². The van der Waals surface area contributed by atoms with Gasteiger partial charge in [0.25, 0.3) is 0 Å². The van der Waals surface area contributed by atoms with Crippen LogP contribution in [0.2, 0.25) is 0 Å². The van der Waals surface area contributed by atoms with Gasteiger partial charge in [-0.15, -0.1) is 0 Å². The zero-order chi connectivity index (χ0) is 15.7. The maximum Gasteiger partial charge on any atom is 0.231 e. The summed E-state index contributed by atoms with van der Waals surface area (Å²) >= 11 is 0. The number of carbonyl (C=O) groups excluding carboxylic acids is 1. The van der Waals surface area contributed by atoms with Crippen LogP contribution in [0.4, 0.5) is 0 Å². The van der Waals surface area contributed by atoms with Crippen LogP contribution in [0.25, 0.3) is 0 Å². The molecule has 5 rings (SSSR count). The summed E-state index contributed by atoms with van der Waals surface area (Å²) in [5.41, 5.74) is 4.25. The summed E-state index contributed by atoms with van der Waals surface area (Å²) in [4.78, 5) is 12.7. The van der Waals surface area contributed by atoms with E-state index in [0.717, 1.165) is 28.7 Å². The highest BCUT2D eigenvalue weighted by molar-refractivity contribution is 6.01. The predicted octanol–water partition coefficient (Wildman–Crippen LogP) is 3.67. The van der Waals surface area contributed by atoms with E-state index in [2.05, 4.69) is 6.92 Å². The van der Waals surface area contributed by atoms with Crippen LogP contribution in [0, 0.1) is 5.92 Å². The van der Waals surface area contributed by atoms with Gasteiger partial charge in [0, 0.05) is 17.5 Å². The monoisotopic (exact) mass is 308 g/mol. The molecule has 3 aliphatic rings. The van der Waals surface area contributed by atoms with E-state index in [1.54, 1.807) is 12.1 Å². The van der Waals surface area contributed by atoms with Crippen molar-refractivity contribution < 1.29 is 19.4 Å². The molecule has 4 heteroatoms. The number of carbonyl (C=O) groups is 1. The molecule has 0 fully saturated rings. The Labute approximate surface area is 133 Å². The van der Waals surface area contributed by atoms with E-state index >= 15 is 0 Å². The first-order valence-electron chi connectivity index (χ1n) is 7.96. The zero-order valence-corrected chi connectivity index (χ0v) is 12.7. The van der Waals surface area contributed by atoms with Crippen molar-refractivity contribution in [1.82, 2.24) is 0 Å². The number of ketones is 1. The van der Waals surface area contributed by atoms with Crippen LogP contribution < -0.4 is 4.74 Å². The number of phenols is 1. The third kappa shape index (κ3) is 1.67. The number of hydrogen-bond donors (Lipinski definition) is 1. The fraction of sp³-hybridized carbons (Fsp3) is 0.316. The van der Waals surface area contributed by atoms with E-state index in [1.807, 2.05) is 18.2 Å². The lowest BCUT2D eigenvalue weighted by atomic mass is 9.79. The minimum absolute atomic E-state index is 0.162. The summed E-state index contributed by atoms with van der Waals surface area (Å²) in [6, 6.07) is 9.31. The zero-order valence-electron chi connectivity index (χ0n) is 12.7. The number of aromatic hydroxyl groups is 1. The molecular formula is C19H16O4. The van der Waals surface area contributed by atoms with Gasteiger partial charge in [0.15, 0.2) is 5.78 Å². The Morgan fingerprint density at radius 2 is 2.00 bits per heavy atom. The van der Waals surface area contributed by atoms with Gasteiger partial charge in [-0.2, -0.15) is 0 Å². The molecule has 0 saturated heterocycles. The molecule has 2 bridgehead atoms. The molecule has 23 heavy (non-hydrogen) atoms. The predicted molar refractivity (Wildman–Crippen MR) is 82.7 cm³/mol. The first kappa shape index (κ1) is 13.1. The summed E-state index contributed by atoms with van der Waals surface area (Å²) in [6.07, 6.45) is 0.529. The van der Waals surface area contributed by atoms with Gasteiger partial charge in [0.2, 0.25) is 6.29 Å². The van der Waals surface area contributed by atoms with Crippen LogP contribution in [-0.2, 0) is 11.2 Å². The van der Waals surface area contributed by atoms with Crippen molar-refractivity contribution in [2.75, 3.05) is 0 Å². The molecule has 0 spiro atoms. The number of ether oxygens (including phenoxy) is 2. The first-order chi connectivity index (χ1) is 11.1. The number of benzene rings is 2. The van der Waals surface area contributed by atoms with E-state index in [-0.39, 0.29) is 17.6 Å². The van der Waals surface area contributed by atoms with Crippen molar-refractivity contribution >= 4 is 5.78 Å². The fourth-order valence-electron chi connectivity index (χ4n) is 4.12. The van der Waals surface area contributed by atoms with Crippen LogP contribution in [0.1, 0.15) is 58.4 Å². The SMILES string of the molecule is C[C@@H]1CC(=O)c2c(ccc3c2[C@@H]2O[C@@H](O3)c3c(O)cccc32)C1. The van der Waals surface area contributed by atoms with E-state index in [9.17, 15) is 9.90 Å². The molecule has 3 atom stereocenters. The van der Waals surface area contributed by atoms with E-state index in [1.165, 1.54) is 0 Å². The van der Waals surface area contributed by atoms with Crippen molar-refractivity contribution in [3.8, 4) is 11.5 Å². The van der Waals surface area contributed by atoms with E-state index in [0.29, 0.717) is 23.7 Å². The van der Waals surface area contributed by atoms with Gasteiger partial charge in [-0.3, -0.25) is 4.79 Å². The van der Waals surface area contributed by atoms with Gasteiger partial charge in [-0.1, -0.05) is 25.1 Å². The minimum Gasteiger partial charge on any atom is -0.507 e. The molecule has 0 aromatic heterocycles. The molecule has 4 nitrogen and oxygen atoms in total. The Hall–Kier alpha value is -2.33. The number of Topliss-reactive ketones (excluding diaryl/α,β-unsaturated/α-hetero) is 1. The van der Waals surface area contributed by atoms with Gasteiger partial charge in [0.05, 0.1) is 5.56 Å². The fourth-order valence-corrected chi connectivity index (χ4v) is 4.12. The minimum atomic E-state index is -0.598. The van der Waals surface area contributed by atoms with Crippen LogP contribution in [0.15, 0.2) is 30.3 Å². The number of rotatable bonds is 0. The molecule has 0 saturated carbocycles. The molecule has 116 valence electrons. The molecule has 1 aliphatic carbocycles. The third-order valence-corrected chi connectivity index (χ3v) is 5.06. The summed E-state index contributed by atoms with van der Waals surface area (Å²) < 4.78 is 11.9. The largest absolute Gasteiger partial charge is 0.507 e. The van der Waals surface area contributed by atoms with Gasteiger partial charge in [-0.05, 0) is 35.6 Å². The highest BCUT2D eigenvalue weighted by atomic mass is 16.7. The quantitative estimate of drug-likeness (QED) is 0.807. The van der Waals surface area contributed by atoms with Gasteiger partial charge < -0.3 is 14.6 Å². The molecule has 2 heterocycles. The Bertz CT molecular complexity index is 855. The van der Waals surface area contributed by atoms with Crippen molar-refractivity contribution in [3.63, 3.8) is 0 Å². The first-order valence-corrected chi connectivity index (χ1v) is 7.96. The average molecular weight is 308 g/mol. The highest BCUT2D eigenvalue weighted by Gasteiger charge is 2.44. The molecule has 2 aromatic carbocycles. The molecule has 2 aromatic rings. The molecule has 0 radical (unpaired) electrons. The topological polar surface area (TPSA) is 55.8 Å². The van der Waals surface area contributed by atoms with Gasteiger partial charge >= 0.3 is 0 Å². The summed E-state index contributed by atoms with van der Waals surface area (Å²) in [5.74, 6) is 1.40. The normalized spacial score (nSPS) is 27.0. The highest BCUT2D eigenvalue weighted by Crippen LogP contribution is 2.54. The van der Waals surface area contributed by atoms with Crippen molar-refractivity contribution in [1.29, 1.82) is 0 Å². The van der Waals surface area contributed by atoms with Crippen LogP contribution in [0.5, 0.6) is 11.5 Å². The molecule has 0 unspecified atom stereocenters. The van der Waals surface area contributed by atoms with Crippen molar-refractivity contribution in [2.24, 2.45) is 5.92 Å². The number of hydrogen-bond acceptors (Lipinski definition) is 4. The summed E-state index contributed by atoms with van der Waals surface area (Å²) in [7, 11) is 0. The molecule has 1 N–H and O–H groups in total. The average Bonchev–Trinajstić information content (AvgIpc) is 2.81.